The number of aromatic nitrogens is 2. The predicted molar refractivity (Wildman–Crippen MR) is 58.4 cm³/mol. The Balaban J connectivity index is 2.74. The van der Waals surface area contributed by atoms with Crippen LogP contribution in [0.15, 0.2) is 6.07 Å². The van der Waals surface area contributed by atoms with E-state index in [1.807, 2.05) is 6.92 Å². The van der Waals surface area contributed by atoms with Crippen molar-refractivity contribution in [2.45, 2.75) is 20.3 Å². The van der Waals surface area contributed by atoms with Gasteiger partial charge in [0.25, 0.3) is 0 Å². The van der Waals surface area contributed by atoms with Crippen molar-refractivity contribution in [1.29, 1.82) is 0 Å². The van der Waals surface area contributed by atoms with Crippen LogP contribution in [0.1, 0.15) is 19.7 Å². The number of anilines is 1. The standard InChI is InChI=1S/C10H12ClN3/c1-3-5-6-12-10-7-8(11)13-9(4-2)14-10/h7H,4,6H2,1-2H3,(H,12,13,14). The molecule has 1 heterocycles. The van der Waals surface area contributed by atoms with Crippen LogP contribution < -0.4 is 5.32 Å². The van der Waals surface area contributed by atoms with Crippen molar-refractivity contribution in [3.8, 4) is 11.8 Å². The van der Waals surface area contributed by atoms with E-state index in [1.165, 1.54) is 0 Å². The van der Waals surface area contributed by atoms with Gasteiger partial charge in [0.2, 0.25) is 0 Å². The Morgan fingerprint density at radius 2 is 2.29 bits per heavy atom. The maximum absolute atomic E-state index is 5.81. The van der Waals surface area contributed by atoms with Crippen LogP contribution in [0.4, 0.5) is 5.82 Å². The summed E-state index contributed by atoms with van der Waals surface area (Å²) in [5.41, 5.74) is 0. The minimum Gasteiger partial charge on any atom is -0.359 e. The van der Waals surface area contributed by atoms with E-state index >= 15 is 0 Å². The first kappa shape index (κ1) is 10.8. The van der Waals surface area contributed by atoms with Crippen molar-refractivity contribution >= 4 is 17.4 Å². The average molecular weight is 210 g/mol. The lowest BCUT2D eigenvalue weighted by molar-refractivity contribution is 0.939. The van der Waals surface area contributed by atoms with Gasteiger partial charge in [0.15, 0.2) is 0 Å². The summed E-state index contributed by atoms with van der Waals surface area (Å²) in [4.78, 5) is 8.31. The van der Waals surface area contributed by atoms with Gasteiger partial charge in [-0.2, -0.15) is 0 Å². The lowest BCUT2D eigenvalue weighted by atomic mass is 10.4. The molecule has 0 fully saturated rings. The van der Waals surface area contributed by atoms with Crippen LogP contribution in [0.2, 0.25) is 5.15 Å². The predicted octanol–water partition coefficient (Wildman–Crippen LogP) is 2.13. The lowest BCUT2D eigenvalue weighted by Crippen LogP contribution is -2.04. The zero-order valence-corrected chi connectivity index (χ0v) is 9.02. The maximum atomic E-state index is 5.81. The molecule has 1 rings (SSSR count). The number of nitrogens with one attached hydrogen (secondary N) is 1. The SMILES string of the molecule is CC#CCNc1cc(Cl)nc(CC)n1. The molecule has 0 atom stereocenters. The molecular weight excluding hydrogens is 198 g/mol. The zero-order valence-electron chi connectivity index (χ0n) is 8.26. The minimum absolute atomic E-state index is 0.462. The molecule has 1 N–H and O–H groups in total. The van der Waals surface area contributed by atoms with Gasteiger partial charge in [-0.15, -0.1) is 5.92 Å². The third-order valence-electron chi connectivity index (χ3n) is 1.59. The maximum Gasteiger partial charge on any atom is 0.134 e. The van der Waals surface area contributed by atoms with Crippen LogP contribution in [0.5, 0.6) is 0 Å². The largest absolute Gasteiger partial charge is 0.359 e. The highest BCUT2D eigenvalue weighted by Crippen LogP contribution is 2.11. The number of hydrogen-bond donors (Lipinski definition) is 1. The first-order valence-electron chi connectivity index (χ1n) is 4.43. The molecule has 0 unspecified atom stereocenters. The Morgan fingerprint density at radius 1 is 1.50 bits per heavy atom. The van der Waals surface area contributed by atoms with Crippen molar-refractivity contribution in [3.63, 3.8) is 0 Å². The van der Waals surface area contributed by atoms with E-state index in [4.69, 9.17) is 11.6 Å². The Bertz CT molecular complexity index is 365. The molecule has 0 aliphatic rings. The van der Waals surface area contributed by atoms with E-state index in [-0.39, 0.29) is 0 Å². The van der Waals surface area contributed by atoms with E-state index in [2.05, 4.69) is 27.1 Å². The van der Waals surface area contributed by atoms with Crippen LogP contribution in [-0.4, -0.2) is 16.5 Å². The molecule has 0 saturated carbocycles. The molecule has 0 bridgehead atoms. The number of aryl methyl sites for hydroxylation is 1. The smallest absolute Gasteiger partial charge is 0.134 e. The summed E-state index contributed by atoms with van der Waals surface area (Å²) in [6.07, 6.45) is 0.773. The van der Waals surface area contributed by atoms with Crippen molar-refractivity contribution in [2.75, 3.05) is 11.9 Å². The molecule has 1 aromatic rings. The third-order valence-corrected chi connectivity index (χ3v) is 1.79. The second kappa shape index (κ2) is 5.46. The zero-order chi connectivity index (χ0) is 10.4. The Hall–Kier alpha value is -1.27. The Morgan fingerprint density at radius 3 is 2.93 bits per heavy atom. The lowest BCUT2D eigenvalue weighted by Gasteiger charge is -2.03. The number of halogens is 1. The quantitative estimate of drug-likeness (QED) is 0.612. The highest BCUT2D eigenvalue weighted by molar-refractivity contribution is 6.29. The molecule has 4 heteroatoms. The van der Waals surface area contributed by atoms with Crippen molar-refractivity contribution in [3.05, 3.63) is 17.0 Å². The van der Waals surface area contributed by atoms with Crippen molar-refractivity contribution < 1.29 is 0 Å². The van der Waals surface area contributed by atoms with Crippen molar-refractivity contribution in [1.82, 2.24) is 9.97 Å². The molecule has 0 aromatic carbocycles. The first-order valence-corrected chi connectivity index (χ1v) is 4.81. The fraction of sp³-hybridized carbons (Fsp3) is 0.400. The van der Waals surface area contributed by atoms with Gasteiger partial charge >= 0.3 is 0 Å². The average Bonchev–Trinajstić information content (AvgIpc) is 2.17. The second-order valence-corrected chi connectivity index (χ2v) is 3.01. The summed E-state index contributed by atoms with van der Waals surface area (Å²) < 4.78 is 0. The van der Waals surface area contributed by atoms with E-state index in [0.29, 0.717) is 11.7 Å². The highest BCUT2D eigenvalue weighted by Gasteiger charge is 1.99. The van der Waals surface area contributed by atoms with Crippen LogP contribution in [-0.2, 0) is 6.42 Å². The number of rotatable bonds is 3. The molecule has 14 heavy (non-hydrogen) atoms. The van der Waals surface area contributed by atoms with Gasteiger partial charge in [-0.3, -0.25) is 0 Å². The summed E-state index contributed by atoms with van der Waals surface area (Å²) in [6.45, 7) is 4.36. The summed E-state index contributed by atoms with van der Waals surface area (Å²) in [7, 11) is 0. The topological polar surface area (TPSA) is 37.8 Å². The molecule has 0 spiro atoms. The third kappa shape index (κ3) is 3.23. The van der Waals surface area contributed by atoms with Crippen LogP contribution in [0.25, 0.3) is 0 Å². The normalized spacial score (nSPS) is 9.07. The molecule has 0 radical (unpaired) electrons. The molecule has 1 aromatic heterocycles. The molecule has 0 saturated heterocycles. The molecule has 0 amide bonds. The van der Waals surface area contributed by atoms with Crippen LogP contribution >= 0.6 is 11.6 Å². The van der Waals surface area contributed by atoms with E-state index in [9.17, 15) is 0 Å². The fourth-order valence-corrected chi connectivity index (χ4v) is 1.14. The number of nitrogens with zero attached hydrogens (tertiary/aromatic N) is 2. The molecule has 0 aliphatic heterocycles. The Kier molecular flexibility index (Phi) is 4.21. The van der Waals surface area contributed by atoms with Crippen LogP contribution in [0.3, 0.4) is 0 Å². The van der Waals surface area contributed by atoms with E-state index < -0.39 is 0 Å². The van der Waals surface area contributed by atoms with Gasteiger partial charge in [-0.1, -0.05) is 24.4 Å². The second-order valence-electron chi connectivity index (χ2n) is 2.63. The van der Waals surface area contributed by atoms with Crippen LogP contribution in [0, 0.1) is 11.8 Å². The summed E-state index contributed by atoms with van der Waals surface area (Å²) in [6, 6.07) is 1.69. The minimum atomic E-state index is 0.462. The highest BCUT2D eigenvalue weighted by atomic mass is 35.5. The Labute approximate surface area is 88.9 Å². The van der Waals surface area contributed by atoms with Gasteiger partial charge in [-0.05, 0) is 6.92 Å². The monoisotopic (exact) mass is 209 g/mol. The van der Waals surface area contributed by atoms with Gasteiger partial charge < -0.3 is 5.32 Å². The molecule has 3 nitrogen and oxygen atoms in total. The van der Waals surface area contributed by atoms with Gasteiger partial charge in [-0.25, -0.2) is 9.97 Å². The summed E-state index contributed by atoms with van der Waals surface area (Å²) >= 11 is 5.81. The van der Waals surface area contributed by atoms with E-state index in [1.54, 1.807) is 13.0 Å². The van der Waals surface area contributed by atoms with Gasteiger partial charge in [0, 0.05) is 12.5 Å². The first-order chi connectivity index (χ1) is 6.76. The van der Waals surface area contributed by atoms with Crippen molar-refractivity contribution in [2.24, 2.45) is 0 Å². The molecular formula is C10H12ClN3. The van der Waals surface area contributed by atoms with E-state index in [0.717, 1.165) is 18.1 Å². The molecule has 74 valence electrons. The summed E-state index contributed by atoms with van der Waals surface area (Å²) in [5, 5.41) is 3.51. The number of hydrogen-bond acceptors (Lipinski definition) is 3. The van der Waals surface area contributed by atoms with Gasteiger partial charge in [0.1, 0.15) is 16.8 Å². The molecule has 0 aliphatic carbocycles. The van der Waals surface area contributed by atoms with Gasteiger partial charge in [0.05, 0.1) is 6.54 Å². The summed E-state index contributed by atoms with van der Waals surface area (Å²) in [5.74, 6) is 7.15. The fourth-order valence-electron chi connectivity index (χ4n) is 0.937.